The van der Waals surface area contributed by atoms with E-state index in [9.17, 15) is 9.59 Å². The highest BCUT2D eigenvalue weighted by molar-refractivity contribution is 6.04. The van der Waals surface area contributed by atoms with Gasteiger partial charge in [-0.1, -0.05) is 18.2 Å². The van der Waals surface area contributed by atoms with E-state index in [2.05, 4.69) is 27.9 Å². The predicted octanol–water partition coefficient (Wildman–Crippen LogP) is 3.97. The van der Waals surface area contributed by atoms with Crippen molar-refractivity contribution in [3.8, 4) is 0 Å². The minimum Gasteiger partial charge on any atom is -0.337 e. The van der Waals surface area contributed by atoms with Crippen molar-refractivity contribution in [2.75, 3.05) is 39.0 Å². The van der Waals surface area contributed by atoms with E-state index in [1.54, 1.807) is 18.5 Å². The molecule has 1 fully saturated rings. The molecule has 0 saturated carbocycles. The second-order valence-electron chi connectivity index (χ2n) is 9.55. The lowest BCUT2D eigenvalue weighted by Gasteiger charge is -2.26. The number of carbonyl (C=O) groups is 2. The second kappa shape index (κ2) is 10.8. The number of anilines is 1. The van der Waals surface area contributed by atoms with Gasteiger partial charge in [-0.3, -0.25) is 19.9 Å². The largest absolute Gasteiger partial charge is 0.337 e. The van der Waals surface area contributed by atoms with E-state index in [-0.39, 0.29) is 17.9 Å². The molecule has 4 rings (SSSR count). The second-order valence-corrected chi connectivity index (χ2v) is 9.55. The van der Waals surface area contributed by atoms with Crippen molar-refractivity contribution in [3.63, 3.8) is 0 Å². The minimum atomic E-state index is -0.247. The van der Waals surface area contributed by atoms with Crippen LogP contribution in [0.2, 0.25) is 0 Å². The van der Waals surface area contributed by atoms with E-state index in [4.69, 9.17) is 4.98 Å². The molecule has 0 radical (unpaired) electrons. The Balaban J connectivity index is 1.68. The molecule has 3 aromatic rings. The zero-order valence-electron chi connectivity index (χ0n) is 21.0. The first-order valence-corrected chi connectivity index (χ1v) is 12.1. The summed E-state index contributed by atoms with van der Waals surface area (Å²) in [4.78, 5) is 39.0. The molecular weight excluding hydrogens is 440 g/mol. The molecule has 1 atom stereocenters. The van der Waals surface area contributed by atoms with Gasteiger partial charge in [0, 0.05) is 38.1 Å². The van der Waals surface area contributed by atoms with Crippen LogP contribution in [0.25, 0.3) is 11.0 Å². The number of likely N-dealkylation sites (N-methyl/N-ethyl adjacent to an activating group) is 1. The number of para-hydroxylation sites is 1. The first kappa shape index (κ1) is 24.6. The summed E-state index contributed by atoms with van der Waals surface area (Å²) < 4.78 is 2.13. The summed E-state index contributed by atoms with van der Waals surface area (Å²) in [6.45, 7) is 5.98. The first-order chi connectivity index (χ1) is 16.8. The number of aryl methyl sites for hydroxylation is 2. The van der Waals surface area contributed by atoms with Crippen molar-refractivity contribution in [1.82, 2.24) is 24.3 Å². The molecule has 1 N–H and O–H groups in total. The lowest BCUT2D eigenvalue weighted by Crippen LogP contribution is -2.35. The van der Waals surface area contributed by atoms with Gasteiger partial charge >= 0.3 is 0 Å². The van der Waals surface area contributed by atoms with Gasteiger partial charge in [-0.05, 0) is 70.5 Å². The molecule has 1 saturated heterocycles. The average molecular weight is 475 g/mol. The first-order valence-electron chi connectivity index (χ1n) is 12.1. The number of nitrogens with zero attached hydrogens (tertiary/aromatic N) is 5. The summed E-state index contributed by atoms with van der Waals surface area (Å²) in [6.07, 6.45) is 9.71. The van der Waals surface area contributed by atoms with Crippen LogP contribution in [0.15, 0.2) is 48.8 Å². The highest BCUT2D eigenvalue weighted by Gasteiger charge is 2.27. The predicted molar refractivity (Wildman–Crippen MR) is 139 cm³/mol. The third kappa shape index (κ3) is 5.77. The van der Waals surface area contributed by atoms with Gasteiger partial charge in [-0.2, -0.15) is 0 Å². The molecular formula is C27H34N6O2. The van der Waals surface area contributed by atoms with Crippen molar-refractivity contribution >= 4 is 28.8 Å². The summed E-state index contributed by atoms with van der Waals surface area (Å²) >= 11 is 0. The number of hydrogen-bond acceptors (Lipinski definition) is 5. The van der Waals surface area contributed by atoms with Crippen LogP contribution in [0.3, 0.4) is 0 Å². The van der Waals surface area contributed by atoms with Crippen molar-refractivity contribution in [3.05, 3.63) is 65.5 Å². The quantitative estimate of drug-likeness (QED) is 0.547. The summed E-state index contributed by atoms with van der Waals surface area (Å²) in [5, 5.41) is 3.03. The standard InChI is InChI=1S/C27H34N6O2/c1-19-15-21(17-28-16-19)26(35)30-27-29-23-11-7-9-20(2)25(23)33(27)22-10-5-6-14-32(18-22)24(34)12-8-13-31(3)4/h7-9,11-12,15-17,22H,5-6,10,13-14,18H2,1-4H3,(H,29,30,35). The molecule has 0 spiro atoms. The number of imidazole rings is 1. The fourth-order valence-corrected chi connectivity index (χ4v) is 4.62. The summed E-state index contributed by atoms with van der Waals surface area (Å²) in [6, 6.07) is 7.81. The monoisotopic (exact) mass is 474 g/mol. The van der Waals surface area contributed by atoms with Crippen LogP contribution >= 0.6 is 0 Å². The van der Waals surface area contributed by atoms with E-state index >= 15 is 0 Å². The Morgan fingerprint density at radius 3 is 2.80 bits per heavy atom. The lowest BCUT2D eigenvalue weighted by atomic mass is 10.1. The molecule has 8 heteroatoms. The zero-order chi connectivity index (χ0) is 24.9. The fourth-order valence-electron chi connectivity index (χ4n) is 4.62. The van der Waals surface area contributed by atoms with Crippen molar-refractivity contribution in [2.45, 2.75) is 39.2 Å². The van der Waals surface area contributed by atoms with Gasteiger partial charge in [-0.15, -0.1) is 0 Å². The third-order valence-corrected chi connectivity index (χ3v) is 6.33. The van der Waals surface area contributed by atoms with E-state index in [0.29, 0.717) is 18.1 Å². The van der Waals surface area contributed by atoms with E-state index < -0.39 is 0 Å². The molecule has 3 heterocycles. The molecule has 2 aromatic heterocycles. The highest BCUT2D eigenvalue weighted by Crippen LogP contribution is 2.32. The van der Waals surface area contributed by atoms with Crippen molar-refractivity contribution in [2.24, 2.45) is 0 Å². The van der Waals surface area contributed by atoms with Crippen LogP contribution in [0.5, 0.6) is 0 Å². The van der Waals surface area contributed by atoms with Crippen molar-refractivity contribution in [1.29, 1.82) is 0 Å². The Bertz CT molecular complexity index is 1250. The van der Waals surface area contributed by atoms with Gasteiger partial charge in [0.25, 0.3) is 5.91 Å². The van der Waals surface area contributed by atoms with Gasteiger partial charge in [-0.25, -0.2) is 4.98 Å². The number of carbonyl (C=O) groups excluding carboxylic acids is 2. The summed E-state index contributed by atoms with van der Waals surface area (Å²) in [7, 11) is 3.96. The Labute approximate surface area is 206 Å². The van der Waals surface area contributed by atoms with Gasteiger partial charge in [0.1, 0.15) is 0 Å². The van der Waals surface area contributed by atoms with E-state index in [1.165, 1.54) is 0 Å². The molecule has 2 amide bonds. The van der Waals surface area contributed by atoms with Crippen molar-refractivity contribution < 1.29 is 9.59 Å². The molecule has 35 heavy (non-hydrogen) atoms. The zero-order valence-corrected chi connectivity index (χ0v) is 21.0. The topological polar surface area (TPSA) is 83.4 Å². The number of likely N-dealkylation sites (tertiary alicyclic amines) is 1. The number of benzene rings is 1. The fraction of sp³-hybridized carbons (Fsp3) is 0.407. The molecule has 1 aliphatic rings. The van der Waals surface area contributed by atoms with Crippen LogP contribution < -0.4 is 5.32 Å². The van der Waals surface area contributed by atoms with Crippen LogP contribution in [0.1, 0.15) is 46.8 Å². The number of pyridine rings is 1. The summed E-state index contributed by atoms with van der Waals surface area (Å²) in [5.74, 6) is 0.281. The SMILES string of the molecule is Cc1cncc(C(=O)Nc2nc3cccc(C)c3n2C2CCCCN(C(=O)C=CCN(C)C)C2)c1. The minimum absolute atomic E-state index is 0.000679. The molecule has 0 bridgehead atoms. The molecule has 1 unspecified atom stereocenters. The van der Waals surface area contributed by atoms with Gasteiger partial charge in [0.15, 0.2) is 0 Å². The number of fused-ring (bicyclic) bond motifs is 1. The molecule has 0 aliphatic carbocycles. The Kier molecular flexibility index (Phi) is 7.60. The molecule has 8 nitrogen and oxygen atoms in total. The number of nitrogens with one attached hydrogen (secondary N) is 1. The average Bonchev–Trinajstić information content (AvgIpc) is 3.01. The van der Waals surface area contributed by atoms with Crippen LogP contribution in [0, 0.1) is 13.8 Å². The maximum atomic E-state index is 13.1. The molecule has 184 valence electrons. The van der Waals surface area contributed by atoms with Gasteiger partial charge < -0.3 is 14.4 Å². The van der Waals surface area contributed by atoms with Crippen LogP contribution in [-0.2, 0) is 4.79 Å². The lowest BCUT2D eigenvalue weighted by molar-refractivity contribution is -0.126. The van der Waals surface area contributed by atoms with E-state index in [1.807, 2.05) is 55.1 Å². The Hall–Kier alpha value is -3.52. The molecule has 1 aliphatic heterocycles. The Morgan fingerprint density at radius 1 is 1.20 bits per heavy atom. The maximum Gasteiger partial charge on any atom is 0.259 e. The third-order valence-electron chi connectivity index (χ3n) is 6.33. The Morgan fingerprint density at radius 2 is 2.03 bits per heavy atom. The van der Waals surface area contributed by atoms with Gasteiger partial charge in [0.05, 0.1) is 22.6 Å². The van der Waals surface area contributed by atoms with Crippen LogP contribution in [0.4, 0.5) is 5.95 Å². The maximum absolute atomic E-state index is 13.1. The number of hydrogen-bond donors (Lipinski definition) is 1. The smallest absolute Gasteiger partial charge is 0.259 e. The molecule has 1 aromatic carbocycles. The van der Waals surface area contributed by atoms with Gasteiger partial charge in [0.2, 0.25) is 11.9 Å². The van der Waals surface area contributed by atoms with E-state index in [0.717, 1.165) is 54.5 Å². The highest BCUT2D eigenvalue weighted by atomic mass is 16.2. The number of aromatic nitrogens is 3. The number of amides is 2. The van der Waals surface area contributed by atoms with Crippen LogP contribution in [-0.4, -0.2) is 69.9 Å². The normalized spacial score (nSPS) is 16.7. The number of rotatable bonds is 6. The summed E-state index contributed by atoms with van der Waals surface area (Å²) in [5.41, 5.74) is 4.32.